The van der Waals surface area contributed by atoms with Gasteiger partial charge in [0, 0.05) is 11.2 Å². The minimum absolute atomic E-state index is 0.123. The van der Waals surface area contributed by atoms with Crippen molar-refractivity contribution in [3.8, 4) is 0 Å². The van der Waals surface area contributed by atoms with Gasteiger partial charge in [-0.25, -0.2) is 9.97 Å². The predicted octanol–water partition coefficient (Wildman–Crippen LogP) is 2.18. The maximum atomic E-state index is 12.3. The van der Waals surface area contributed by atoms with E-state index < -0.39 is 6.10 Å². The van der Waals surface area contributed by atoms with Crippen LogP contribution in [0.1, 0.15) is 11.7 Å². The normalized spacial score (nSPS) is 12.5. The Labute approximate surface area is 125 Å². The lowest BCUT2D eigenvalue weighted by atomic mass is 10.1. The molecule has 1 atom stereocenters. The van der Waals surface area contributed by atoms with Crippen molar-refractivity contribution in [1.82, 2.24) is 14.5 Å². The van der Waals surface area contributed by atoms with Crippen LogP contribution in [0.25, 0.3) is 11.0 Å². The molecule has 1 N–H and O–H groups in total. The lowest BCUT2D eigenvalue weighted by Gasteiger charge is -2.13. The molecule has 106 valence electrons. The standard InChI is InChI=1S/C15H12ClN3O2/c16-11-5-3-10(4-6-11)13(20)8-19-9-18-14-12(15(19)21)2-1-7-17-14/h1-7,9,13,20H,8H2/t13-/m0/s1. The molecule has 0 saturated heterocycles. The zero-order chi connectivity index (χ0) is 14.8. The van der Waals surface area contributed by atoms with Gasteiger partial charge in [0.2, 0.25) is 0 Å². The number of halogens is 1. The molecular formula is C15H12ClN3O2. The number of nitrogens with zero attached hydrogens (tertiary/aromatic N) is 3. The molecular weight excluding hydrogens is 290 g/mol. The number of aliphatic hydroxyl groups excluding tert-OH is 1. The highest BCUT2D eigenvalue weighted by Gasteiger charge is 2.11. The molecule has 0 aliphatic rings. The molecule has 0 fully saturated rings. The van der Waals surface area contributed by atoms with Crippen LogP contribution in [0.15, 0.2) is 53.7 Å². The van der Waals surface area contributed by atoms with Crippen LogP contribution >= 0.6 is 11.6 Å². The number of hydrogen-bond donors (Lipinski definition) is 1. The molecule has 3 rings (SSSR count). The Morgan fingerprint density at radius 1 is 1.19 bits per heavy atom. The maximum absolute atomic E-state index is 12.3. The second-order valence-electron chi connectivity index (χ2n) is 4.64. The summed E-state index contributed by atoms with van der Waals surface area (Å²) < 4.78 is 1.38. The van der Waals surface area contributed by atoms with Crippen molar-refractivity contribution in [3.63, 3.8) is 0 Å². The van der Waals surface area contributed by atoms with Crippen LogP contribution < -0.4 is 5.56 Å². The molecule has 0 unspecified atom stereocenters. The van der Waals surface area contributed by atoms with Crippen molar-refractivity contribution >= 4 is 22.6 Å². The van der Waals surface area contributed by atoms with E-state index in [2.05, 4.69) is 9.97 Å². The van der Waals surface area contributed by atoms with Gasteiger partial charge >= 0.3 is 0 Å². The van der Waals surface area contributed by atoms with Gasteiger partial charge in [0.05, 0.1) is 18.0 Å². The molecule has 21 heavy (non-hydrogen) atoms. The van der Waals surface area contributed by atoms with Gasteiger partial charge < -0.3 is 5.11 Å². The summed E-state index contributed by atoms with van der Waals surface area (Å²) in [6.45, 7) is 0.123. The number of benzene rings is 1. The second kappa shape index (κ2) is 5.63. The molecule has 1 aromatic carbocycles. The number of hydrogen-bond acceptors (Lipinski definition) is 4. The molecule has 2 heterocycles. The number of aliphatic hydroxyl groups is 1. The third-order valence-corrected chi connectivity index (χ3v) is 3.47. The monoisotopic (exact) mass is 301 g/mol. The fourth-order valence-electron chi connectivity index (χ4n) is 2.11. The van der Waals surface area contributed by atoms with Crippen LogP contribution in [0.4, 0.5) is 0 Å². The Balaban J connectivity index is 1.93. The fraction of sp³-hybridized carbons (Fsp3) is 0.133. The second-order valence-corrected chi connectivity index (χ2v) is 5.08. The topological polar surface area (TPSA) is 68.0 Å². The summed E-state index contributed by atoms with van der Waals surface area (Å²) in [5, 5.41) is 11.2. The summed E-state index contributed by atoms with van der Waals surface area (Å²) in [5.74, 6) is 0. The molecule has 0 bridgehead atoms. The highest BCUT2D eigenvalue weighted by atomic mass is 35.5. The van der Waals surface area contributed by atoms with E-state index in [1.807, 2.05) is 0 Å². The summed E-state index contributed by atoms with van der Waals surface area (Å²) in [4.78, 5) is 20.5. The average molecular weight is 302 g/mol. The molecule has 3 aromatic rings. The maximum Gasteiger partial charge on any atom is 0.262 e. The van der Waals surface area contributed by atoms with Crippen molar-refractivity contribution < 1.29 is 5.11 Å². The van der Waals surface area contributed by atoms with Crippen molar-refractivity contribution in [2.45, 2.75) is 12.6 Å². The Morgan fingerprint density at radius 3 is 2.71 bits per heavy atom. The quantitative estimate of drug-likeness (QED) is 0.805. The minimum Gasteiger partial charge on any atom is -0.387 e. The van der Waals surface area contributed by atoms with Crippen molar-refractivity contribution in [2.75, 3.05) is 0 Å². The van der Waals surface area contributed by atoms with Crippen molar-refractivity contribution in [1.29, 1.82) is 0 Å². The number of pyridine rings is 1. The highest BCUT2D eigenvalue weighted by Crippen LogP contribution is 2.17. The first kappa shape index (κ1) is 13.7. The van der Waals surface area contributed by atoms with E-state index in [0.29, 0.717) is 21.6 Å². The predicted molar refractivity (Wildman–Crippen MR) is 80.2 cm³/mol. The Bertz CT molecular complexity index is 830. The smallest absolute Gasteiger partial charge is 0.262 e. The van der Waals surface area contributed by atoms with Crippen LogP contribution in [0.5, 0.6) is 0 Å². The molecule has 2 aromatic heterocycles. The minimum atomic E-state index is -0.809. The molecule has 0 aliphatic carbocycles. The van der Waals surface area contributed by atoms with Gasteiger partial charge in [0.25, 0.3) is 5.56 Å². The van der Waals surface area contributed by atoms with Crippen LogP contribution in [0, 0.1) is 0 Å². The zero-order valence-corrected chi connectivity index (χ0v) is 11.7. The third-order valence-electron chi connectivity index (χ3n) is 3.22. The van der Waals surface area contributed by atoms with Gasteiger partial charge in [0.1, 0.15) is 6.33 Å². The van der Waals surface area contributed by atoms with E-state index in [9.17, 15) is 9.90 Å². The molecule has 0 aliphatic heterocycles. The van der Waals surface area contributed by atoms with Crippen LogP contribution in [0.3, 0.4) is 0 Å². The van der Waals surface area contributed by atoms with E-state index in [4.69, 9.17) is 11.6 Å². The third kappa shape index (κ3) is 2.79. The summed E-state index contributed by atoms with van der Waals surface area (Å²) in [5.41, 5.74) is 0.874. The molecule has 0 radical (unpaired) electrons. The summed E-state index contributed by atoms with van der Waals surface area (Å²) in [7, 11) is 0. The van der Waals surface area contributed by atoms with E-state index >= 15 is 0 Å². The van der Waals surface area contributed by atoms with E-state index in [1.54, 1.807) is 42.6 Å². The molecule has 6 heteroatoms. The first-order valence-electron chi connectivity index (χ1n) is 6.39. The highest BCUT2D eigenvalue weighted by molar-refractivity contribution is 6.30. The summed E-state index contributed by atoms with van der Waals surface area (Å²) >= 11 is 5.81. The number of rotatable bonds is 3. The largest absolute Gasteiger partial charge is 0.387 e. The van der Waals surface area contributed by atoms with Crippen LogP contribution in [-0.4, -0.2) is 19.6 Å². The Morgan fingerprint density at radius 2 is 1.95 bits per heavy atom. The van der Waals surface area contributed by atoms with E-state index in [-0.39, 0.29) is 12.1 Å². The lowest BCUT2D eigenvalue weighted by molar-refractivity contribution is 0.155. The van der Waals surface area contributed by atoms with E-state index in [0.717, 1.165) is 0 Å². The summed E-state index contributed by atoms with van der Waals surface area (Å²) in [6.07, 6.45) is 2.18. The van der Waals surface area contributed by atoms with Gasteiger partial charge in [-0.1, -0.05) is 23.7 Å². The summed E-state index contributed by atoms with van der Waals surface area (Å²) in [6, 6.07) is 10.2. The SMILES string of the molecule is O=c1c2cccnc2ncn1C[C@H](O)c1ccc(Cl)cc1. The van der Waals surface area contributed by atoms with Gasteiger partial charge in [-0.3, -0.25) is 9.36 Å². The van der Waals surface area contributed by atoms with Crippen LogP contribution in [-0.2, 0) is 6.54 Å². The van der Waals surface area contributed by atoms with Crippen molar-refractivity contribution in [2.24, 2.45) is 0 Å². The average Bonchev–Trinajstić information content (AvgIpc) is 2.51. The Kier molecular flexibility index (Phi) is 3.68. The molecule has 0 amide bonds. The van der Waals surface area contributed by atoms with Crippen molar-refractivity contribution in [3.05, 3.63) is 69.9 Å². The van der Waals surface area contributed by atoms with Gasteiger partial charge in [-0.2, -0.15) is 0 Å². The fourth-order valence-corrected chi connectivity index (χ4v) is 2.23. The van der Waals surface area contributed by atoms with Gasteiger partial charge in [-0.15, -0.1) is 0 Å². The van der Waals surface area contributed by atoms with Crippen LogP contribution in [0.2, 0.25) is 5.02 Å². The molecule has 0 saturated carbocycles. The van der Waals surface area contributed by atoms with Gasteiger partial charge in [0.15, 0.2) is 5.65 Å². The zero-order valence-electron chi connectivity index (χ0n) is 11.0. The Hall–Kier alpha value is -2.24. The molecule has 5 nitrogen and oxygen atoms in total. The van der Waals surface area contributed by atoms with E-state index in [1.165, 1.54) is 10.9 Å². The number of fused-ring (bicyclic) bond motifs is 1. The number of aromatic nitrogens is 3. The molecule has 0 spiro atoms. The first-order valence-corrected chi connectivity index (χ1v) is 6.76. The lowest BCUT2D eigenvalue weighted by Crippen LogP contribution is -2.24. The first-order chi connectivity index (χ1) is 10.1. The van der Waals surface area contributed by atoms with Gasteiger partial charge in [-0.05, 0) is 29.8 Å².